The van der Waals surface area contributed by atoms with Crippen LogP contribution in [0.15, 0.2) is 12.1 Å². The van der Waals surface area contributed by atoms with E-state index in [0.29, 0.717) is 0 Å². The quantitative estimate of drug-likeness (QED) is 0.914. The zero-order valence-electron chi connectivity index (χ0n) is 10.7. The van der Waals surface area contributed by atoms with Gasteiger partial charge >= 0.3 is 0 Å². The number of hydrogen-bond acceptors (Lipinski definition) is 3. The summed E-state index contributed by atoms with van der Waals surface area (Å²) in [6.07, 6.45) is 5.31. The highest BCUT2D eigenvalue weighted by atomic mass is 35.5. The Balaban J connectivity index is 1.51. The molecule has 2 fully saturated rings. The van der Waals surface area contributed by atoms with Gasteiger partial charge in [-0.2, -0.15) is 0 Å². The summed E-state index contributed by atoms with van der Waals surface area (Å²) < 4.78 is 0.915. The molecule has 1 saturated carbocycles. The molecule has 1 aromatic rings. The van der Waals surface area contributed by atoms with Gasteiger partial charge in [0, 0.05) is 24.0 Å². The zero-order valence-corrected chi connectivity index (χ0v) is 12.3. The fraction of sp³-hybridized carbons (Fsp3) is 0.714. The number of nitrogens with zero attached hydrogens (tertiary/aromatic N) is 1. The van der Waals surface area contributed by atoms with E-state index in [4.69, 9.17) is 11.6 Å². The number of hydrogen-bond donors (Lipinski definition) is 1. The van der Waals surface area contributed by atoms with Crippen LogP contribution in [0.2, 0.25) is 4.34 Å². The predicted molar refractivity (Wildman–Crippen MR) is 78.6 cm³/mol. The second-order valence-corrected chi connectivity index (χ2v) is 7.31. The lowest BCUT2D eigenvalue weighted by Gasteiger charge is -2.24. The first-order valence-corrected chi connectivity index (χ1v) is 8.20. The second kappa shape index (κ2) is 5.91. The average Bonchev–Trinajstić information content (AvgIpc) is 3.14. The van der Waals surface area contributed by atoms with Crippen molar-refractivity contribution in [3.05, 3.63) is 21.3 Å². The predicted octanol–water partition coefficient (Wildman–Crippen LogP) is 3.02. The van der Waals surface area contributed by atoms with Crippen molar-refractivity contribution in [2.24, 2.45) is 5.92 Å². The van der Waals surface area contributed by atoms with E-state index in [1.165, 1.54) is 50.3 Å². The summed E-state index contributed by atoms with van der Waals surface area (Å²) in [7, 11) is 0. The van der Waals surface area contributed by atoms with Gasteiger partial charge in [0.2, 0.25) is 0 Å². The lowest BCUT2D eigenvalue weighted by atomic mass is 10.2. The molecule has 2 heterocycles. The second-order valence-electron chi connectivity index (χ2n) is 5.51. The SMILES string of the molecule is Clc1ccc(CCN2CCCNC(C3CC3)C2)s1. The van der Waals surface area contributed by atoms with Crippen molar-refractivity contribution in [2.75, 3.05) is 26.2 Å². The van der Waals surface area contributed by atoms with Crippen molar-refractivity contribution in [2.45, 2.75) is 31.7 Å². The molecule has 0 aromatic carbocycles. The van der Waals surface area contributed by atoms with Gasteiger partial charge in [-0.25, -0.2) is 0 Å². The van der Waals surface area contributed by atoms with Crippen molar-refractivity contribution >= 4 is 22.9 Å². The Morgan fingerprint density at radius 3 is 3.00 bits per heavy atom. The molecule has 1 N–H and O–H groups in total. The van der Waals surface area contributed by atoms with E-state index in [1.54, 1.807) is 11.3 Å². The minimum absolute atomic E-state index is 0.749. The van der Waals surface area contributed by atoms with E-state index in [0.717, 1.165) is 22.7 Å². The smallest absolute Gasteiger partial charge is 0.0931 e. The minimum atomic E-state index is 0.749. The maximum Gasteiger partial charge on any atom is 0.0931 e. The molecule has 1 unspecified atom stereocenters. The van der Waals surface area contributed by atoms with E-state index < -0.39 is 0 Å². The Hall–Kier alpha value is -0.0900. The van der Waals surface area contributed by atoms with Gasteiger partial charge in [-0.1, -0.05) is 11.6 Å². The van der Waals surface area contributed by atoms with Gasteiger partial charge in [-0.15, -0.1) is 11.3 Å². The Morgan fingerprint density at radius 1 is 1.39 bits per heavy atom. The Kier molecular flexibility index (Phi) is 4.24. The molecule has 100 valence electrons. The molecule has 1 saturated heterocycles. The lowest BCUT2D eigenvalue weighted by Crippen LogP contribution is -2.39. The van der Waals surface area contributed by atoms with Crippen molar-refractivity contribution in [1.29, 1.82) is 0 Å². The van der Waals surface area contributed by atoms with Crippen LogP contribution in [0.25, 0.3) is 0 Å². The van der Waals surface area contributed by atoms with E-state index >= 15 is 0 Å². The Labute approximate surface area is 118 Å². The third-order valence-corrected chi connectivity index (χ3v) is 5.30. The van der Waals surface area contributed by atoms with Crippen LogP contribution in [0.3, 0.4) is 0 Å². The van der Waals surface area contributed by atoms with Crippen LogP contribution in [-0.4, -0.2) is 37.1 Å². The van der Waals surface area contributed by atoms with Crippen LogP contribution in [0.5, 0.6) is 0 Å². The fourth-order valence-electron chi connectivity index (χ4n) is 2.80. The number of halogens is 1. The molecule has 0 bridgehead atoms. The van der Waals surface area contributed by atoms with Crippen LogP contribution < -0.4 is 5.32 Å². The first-order valence-electron chi connectivity index (χ1n) is 7.01. The zero-order chi connectivity index (χ0) is 12.4. The first kappa shape index (κ1) is 12.9. The van der Waals surface area contributed by atoms with Gasteiger partial charge in [0.25, 0.3) is 0 Å². The molecule has 0 radical (unpaired) electrons. The number of nitrogens with one attached hydrogen (secondary N) is 1. The summed E-state index contributed by atoms with van der Waals surface area (Å²) in [4.78, 5) is 4.05. The molecule has 1 aliphatic heterocycles. The molecule has 0 spiro atoms. The molecular formula is C14H21ClN2S. The minimum Gasteiger partial charge on any atom is -0.312 e. The normalized spacial score (nSPS) is 26.2. The molecule has 3 rings (SSSR count). The summed E-state index contributed by atoms with van der Waals surface area (Å²) in [6, 6.07) is 4.93. The molecule has 2 aliphatic rings. The largest absolute Gasteiger partial charge is 0.312 e. The van der Waals surface area contributed by atoms with Gasteiger partial charge in [0.05, 0.1) is 4.34 Å². The average molecular weight is 285 g/mol. The lowest BCUT2D eigenvalue weighted by molar-refractivity contribution is 0.262. The van der Waals surface area contributed by atoms with Gasteiger partial charge in [-0.05, 0) is 56.8 Å². The van der Waals surface area contributed by atoms with E-state index in [2.05, 4.69) is 16.3 Å². The summed E-state index contributed by atoms with van der Waals surface area (Å²) >= 11 is 7.70. The maximum atomic E-state index is 5.98. The van der Waals surface area contributed by atoms with Gasteiger partial charge in [-0.3, -0.25) is 0 Å². The van der Waals surface area contributed by atoms with Crippen LogP contribution in [-0.2, 0) is 6.42 Å². The first-order chi connectivity index (χ1) is 8.81. The molecule has 0 amide bonds. The standard InChI is InChI=1S/C14H21ClN2S/c15-14-5-4-12(18-14)6-9-17-8-1-7-16-13(10-17)11-2-3-11/h4-5,11,13,16H,1-3,6-10H2. The van der Waals surface area contributed by atoms with E-state index in [-0.39, 0.29) is 0 Å². The molecule has 4 heteroatoms. The van der Waals surface area contributed by atoms with E-state index in [9.17, 15) is 0 Å². The van der Waals surface area contributed by atoms with Crippen molar-refractivity contribution in [1.82, 2.24) is 10.2 Å². The summed E-state index contributed by atoms with van der Waals surface area (Å²) in [5.41, 5.74) is 0. The maximum absolute atomic E-state index is 5.98. The summed E-state index contributed by atoms with van der Waals surface area (Å²) in [5.74, 6) is 0.960. The summed E-state index contributed by atoms with van der Waals surface area (Å²) in [6.45, 7) is 4.86. The summed E-state index contributed by atoms with van der Waals surface area (Å²) in [5, 5.41) is 3.72. The molecular weight excluding hydrogens is 264 g/mol. The van der Waals surface area contributed by atoms with Crippen LogP contribution >= 0.6 is 22.9 Å². The molecule has 1 aromatic heterocycles. The van der Waals surface area contributed by atoms with Crippen molar-refractivity contribution in [3.63, 3.8) is 0 Å². The topological polar surface area (TPSA) is 15.3 Å². The van der Waals surface area contributed by atoms with Crippen molar-refractivity contribution in [3.8, 4) is 0 Å². The Bertz CT molecular complexity index is 389. The molecule has 18 heavy (non-hydrogen) atoms. The highest BCUT2D eigenvalue weighted by molar-refractivity contribution is 7.16. The fourth-order valence-corrected chi connectivity index (χ4v) is 3.87. The monoisotopic (exact) mass is 284 g/mol. The van der Waals surface area contributed by atoms with Gasteiger partial charge in [0.15, 0.2) is 0 Å². The molecule has 1 aliphatic carbocycles. The highest BCUT2D eigenvalue weighted by Gasteiger charge is 2.32. The van der Waals surface area contributed by atoms with E-state index in [1.807, 2.05) is 6.07 Å². The number of rotatable bonds is 4. The Morgan fingerprint density at radius 2 is 2.28 bits per heavy atom. The van der Waals surface area contributed by atoms with Gasteiger partial charge < -0.3 is 10.2 Å². The van der Waals surface area contributed by atoms with Gasteiger partial charge in [0.1, 0.15) is 0 Å². The number of thiophene rings is 1. The van der Waals surface area contributed by atoms with Crippen molar-refractivity contribution < 1.29 is 0 Å². The highest BCUT2D eigenvalue weighted by Crippen LogP contribution is 2.33. The molecule has 1 atom stereocenters. The molecule has 2 nitrogen and oxygen atoms in total. The van der Waals surface area contributed by atoms with Crippen LogP contribution in [0, 0.1) is 5.92 Å². The third-order valence-electron chi connectivity index (χ3n) is 4.01. The van der Waals surface area contributed by atoms with Crippen LogP contribution in [0.4, 0.5) is 0 Å². The van der Waals surface area contributed by atoms with Crippen LogP contribution in [0.1, 0.15) is 24.1 Å². The third kappa shape index (κ3) is 3.47.